The van der Waals surface area contributed by atoms with Gasteiger partial charge in [0, 0.05) is 13.0 Å². The Balaban J connectivity index is 1.99. The number of thiocarbonyl (C=S) groups is 1. The average Bonchev–Trinajstić information content (AvgIpc) is 2.79. The second-order valence-corrected chi connectivity index (χ2v) is 6.96. The van der Waals surface area contributed by atoms with E-state index in [1.165, 1.54) is 17.3 Å². The van der Waals surface area contributed by atoms with E-state index in [0.29, 0.717) is 28.6 Å². The molecule has 1 aromatic carbocycles. The molecule has 1 N–H and O–H groups in total. The second kappa shape index (κ2) is 8.26. The fourth-order valence-corrected chi connectivity index (χ4v) is 3.55. The van der Waals surface area contributed by atoms with Crippen LogP contribution in [0.1, 0.15) is 37.3 Å². The summed E-state index contributed by atoms with van der Waals surface area (Å²) in [7, 11) is 0. The lowest BCUT2D eigenvalue weighted by Gasteiger charge is -2.13. The lowest BCUT2D eigenvalue weighted by molar-refractivity contribution is -0.137. The van der Waals surface area contributed by atoms with Crippen molar-refractivity contribution in [1.29, 1.82) is 0 Å². The van der Waals surface area contributed by atoms with Gasteiger partial charge in [-0.2, -0.15) is 0 Å². The largest absolute Gasteiger partial charge is 0.481 e. The van der Waals surface area contributed by atoms with Crippen molar-refractivity contribution >= 4 is 46.3 Å². The third-order valence-corrected chi connectivity index (χ3v) is 4.96. The van der Waals surface area contributed by atoms with Gasteiger partial charge in [-0.05, 0) is 36.5 Å². The first-order chi connectivity index (χ1) is 11.0. The van der Waals surface area contributed by atoms with Crippen LogP contribution in [0.3, 0.4) is 0 Å². The summed E-state index contributed by atoms with van der Waals surface area (Å²) in [6.07, 6.45) is 4.14. The van der Waals surface area contributed by atoms with E-state index in [9.17, 15) is 9.59 Å². The number of aliphatic carboxylic acids is 1. The Morgan fingerprint density at radius 3 is 2.61 bits per heavy atom. The van der Waals surface area contributed by atoms with Crippen molar-refractivity contribution < 1.29 is 14.7 Å². The summed E-state index contributed by atoms with van der Waals surface area (Å²) in [5, 5.41) is 8.63. The molecule has 0 radical (unpaired) electrons. The van der Waals surface area contributed by atoms with Crippen LogP contribution >= 0.6 is 24.0 Å². The number of nitrogens with zero attached hydrogens (tertiary/aromatic N) is 1. The van der Waals surface area contributed by atoms with Crippen molar-refractivity contribution in [2.24, 2.45) is 0 Å². The van der Waals surface area contributed by atoms with Crippen LogP contribution in [0.15, 0.2) is 29.2 Å². The number of unbranched alkanes of at least 4 members (excludes halogenated alkanes) is 1. The van der Waals surface area contributed by atoms with Crippen LogP contribution in [0.25, 0.3) is 6.08 Å². The van der Waals surface area contributed by atoms with Gasteiger partial charge in [0.25, 0.3) is 5.91 Å². The minimum Gasteiger partial charge on any atom is -0.481 e. The van der Waals surface area contributed by atoms with Gasteiger partial charge >= 0.3 is 5.97 Å². The van der Waals surface area contributed by atoms with Crippen molar-refractivity contribution in [3.63, 3.8) is 0 Å². The zero-order chi connectivity index (χ0) is 16.8. The lowest BCUT2D eigenvalue weighted by Crippen LogP contribution is -2.29. The zero-order valence-electron chi connectivity index (χ0n) is 12.9. The summed E-state index contributed by atoms with van der Waals surface area (Å²) >= 11 is 6.57. The maximum atomic E-state index is 12.4. The van der Waals surface area contributed by atoms with Gasteiger partial charge in [0.2, 0.25) is 0 Å². The van der Waals surface area contributed by atoms with Crippen molar-refractivity contribution in [3.05, 3.63) is 40.3 Å². The smallest absolute Gasteiger partial charge is 0.303 e. The topological polar surface area (TPSA) is 57.6 Å². The first kappa shape index (κ1) is 17.7. The van der Waals surface area contributed by atoms with E-state index in [2.05, 4.69) is 19.1 Å². The number of hydrogen-bond donors (Lipinski definition) is 1. The molecular formula is C17H19NO3S2. The molecule has 0 atom stereocenters. The molecule has 1 amide bonds. The molecule has 0 unspecified atom stereocenters. The van der Waals surface area contributed by atoms with Gasteiger partial charge in [-0.25, -0.2) is 0 Å². The van der Waals surface area contributed by atoms with Crippen LogP contribution in [-0.2, 0) is 16.0 Å². The molecule has 0 aliphatic carbocycles. The molecule has 1 saturated heterocycles. The number of carbonyl (C=O) groups is 2. The predicted octanol–water partition coefficient (Wildman–Crippen LogP) is 3.71. The van der Waals surface area contributed by atoms with E-state index in [0.717, 1.165) is 12.0 Å². The summed E-state index contributed by atoms with van der Waals surface area (Å²) in [5.41, 5.74) is 2.24. The standard InChI is InChI=1S/C17H19NO3S2/c1-2-12-6-8-13(9-7-12)11-14-16(21)18(17(22)23-14)10-4-3-5-15(19)20/h6-9,11H,2-5,10H2,1H3,(H,19,20)/b14-11-. The second-order valence-electron chi connectivity index (χ2n) is 5.28. The van der Waals surface area contributed by atoms with Crippen molar-refractivity contribution in [3.8, 4) is 0 Å². The van der Waals surface area contributed by atoms with Crippen molar-refractivity contribution in [2.75, 3.05) is 6.54 Å². The number of aryl methyl sites for hydroxylation is 1. The molecule has 1 heterocycles. The maximum Gasteiger partial charge on any atom is 0.303 e. The molecule has 1 aliphatic rings. The summed E-state index contributed by atoms with van der Waals surface area (Å²) in [6.45, 7) is 2.58. The number of carboxylic acid groups (broad SMARTS) is 1. The third kappa shape index (κ3) is 4.91. The van der Waals surface area contributed by atoms with Crippen LogP contribution in [-0.4, -0.2) is 32.7 Å². The van der Waals surface area contributed by atoms with Gasteiger partial charge in [-0.3, -0.25) is 14.5 Å². The van der Waals surface area contributed by atoms with Gasteiger partial charge in [-0.15, -0.1) is 0 Å². The molecule has 4 nitrogen and oxygen atoms in total. The van der Waals surface area contributed by atoms with Gasteiger partial charge < -0.3 is 5.11 Å². The minimum atomic E-state index is -0.814. The monoisotopic (exact) mass is 349 g/mol. The summed E-state index contributed by atoms with van der Waals surface area (Å²) in [4.78, 5) is 25.1. The highest BCUT2D eigenvalue weighted by Gasteiger charge is 2.31. The fourth-order valence-electron chi connectivity index (χ4n) is 2.24. The number of hydrogen-bond acceptors (Lipinski definition) is 4. The molecule has 1 aromatic rings. The maximum absolute atomic E-state index is 12.4. The molecular weight excluding hydrogens is 330 g/mol. The first-order valence-electron chi connectivity index (χ1n) is 7.57. The van der Waals surface area contributed by atoms with Gasteiger partial charge in [0.05, 0.1) is 4.91 Å². The van der Waals surface area contributed by atoms with Gasteiger partial charge in [0.15, 0.2) is 0 Å². The van der Waals surface area contributed by atoms with E-state index in [1.807, 2.05) is 18.2 Å². The summed E-state index contributed by atoms with van der Waals surface area (Å²) in [6, 6.07) is 8.10. The van der Waals surface area contributed by atoms with Gasteiger partial charge in [0.1, 0.15) is 4.32 Å². The molecule has 0 saturated carbocycles. The molecule has 0 bridgehead atoms. The number of thioether (sulfide) groups is 1. The Bertz CT molecular complexity index is 638. The van der Waals surface area contributed by atoms with E-state index >= 15 is 0 Å². The Kier molecular flexibility index (Phi) is 6.36. The summed E-state index contributed by atoms with van der Waals surface area (Å²) < 4.78 is 0.543. The number of amides is 1. The fraction of sp³-hybridized carbons (Fsp3) is 0.353. The predicted molar refractivity (Wildman–Crippen MR) is 97.2 cm³/mol. The SMILES string of the molecule is CCc1ccc(/C=C2\SC(=S)N(CCCCC(=O)O)C2=O)cc1. The number of benzene rings is 1. The molecule has 0 aromatic heterocycles. The molecule has 1 fully saturated rings. The van der Waals surface area contributed by atoms with Gasteiger partial charge in [-0.1, -0.05) is 55.2 Å². The Morgan fingerprint density at radius 2 is 2.00 bits per heavy atom. The highest BCUT2D eigenvalue weighted by Crippen LogP contribution is 2.32. The molecule has 122 valence electrons. The van der Waals surface area contributed by atoms with Crippen LogP contribution in [0.2, 0.25) is 0 Å². The van der Waals surface area contributed by atoms with Crippen LogP contribution in [0.4, 0.5) is 0 Å². The molecule has 6 heteroatoms. The van der Waals surface area contributed by atoms with E-state index in [-0.39, 0.29) is 12.3 Å². The Labute approximate surface area is 145 Å². The molecule has 1 aliphatic heterocycles. The Morgan fingerprint density at radius 1 is 1.30 bits per heavy atom. The van der Waals surface area contributed by atoms with Crippen molar-refractivity contribution in [1.82, 2.24) is 4.90 Å². The quantitative estimate of drug-likeness (QED) is 0.462. The molecule has 2 rings (SSSR count). The first-order valence-corrected chi connectivity index (χ1v) is 8.80. The minimum absolute atomic E-state index is 0.0881. The van der Waals surface area contributed by atoms with E-state index in [4.69, 9.17) is 17.3 Å². The third-order valence-electron chi connectivity index (χ3n) is 3.58. The average molecular weight is 349 g/mol. The highest BCUT2D eigenvalue weighted by molar-refractivity contribution is 8.26. The normalized spacial score (nSPS) is 16.4. The number of carboxylic acids is 1. The highest BCUT2D eigenvalue weighted by atomic mass is 32.2. The number of carbonyl (C=O) groups excluding carboxylic acids is 1. The lowest BCUT2D eigenvalue weighted by atomic mass is 10.1. The number of rotatable bonds is 7. The van der Waals surface area contributed by atoms with Crippen LogP contribution in [0.5, 0.6) is 0 Å². The molecule has 23 heavy (non-hydrogen) atoms. The van der Waals surface area contributed by atoms with Crippen LogP contribution in [0, 0.1) is 0 Å². The Hall–Kier alpha value is -1.66. The van der Waals surface area contributed by atoms with E-state index < -0.39 is 5.97 Å². The summed E-state index contributed by atoms with van der Waals surface area (Å²) in [5.74, 6) is -0.902. The van der Waals surface area contributed by atoms with E-state index in [1.54, 1.807) is 4.90 Å². The van der Waals surface area contributed by atoms with Crippen LogP contribution < -0.4 is 0 Å². The van der Waals surface area contributed by atoms with Crippen molar-refractivity contribution in [2.45, 2.75) is 32.6 Å². The molecule has 0 spiro atoms. The zero-order valence-corrected chi connectivity index (χ0v) is 14.6.